The summed E-state index contributed by atoms with van der Waals surface area (Å²) in [6.07, 6.45) is 0. The third-order valence-electron chi connectivity index (χ3n) is 4.19. The highest BCUT2D eigenvalue weighted by molar-refractivity contribution is 7.98. The Balaban J connectivity index is 1.92. The van der Waals surface area contributed by atoms with Crippen LogP contribution in [0.15, 0.2) is 45.1 Å². The minimum absolute atomic E-state index is 0.154. The number of anilines is 1. The Labute approximate surface area is 165 Å². The SMILES string of the molecule is CC(=O)Nc1cccc(-n2c(C)nnc2SCc2cc(=O)n(C)c(=O)n2C)c1. The van der Waals surface area contributed by atoms with Crippen molar-refractivity contribution >= 4 is 23.4 Å². The van der Waals surface area contributed by atoms with Crippen LogP contribution in [0.3, 0.4) is 0 Å². The zero-order valence-corrected chi connectivity index (χ0v) is 16.8. The van der Waals surface area contributed by atoms with Gasteiger partial charge in [-0.05, 0) is 25.1 Å². The van der Waals surface area contributed by atoms with Crippen molar-refractivity contribution in [2.45, 2.75) is 24.8 Å². The number of amides is 1. The largest absolute Gasteiger partial charge is 0.330 e. The predicted octanol–water partition coefficient (Wildman–Crippen LogP) is 1.22. The van der Waals surface area contributed by atoms with Gasteiger partial charge in [0.2, 0.25) is 5.91 Å². The van der Waals surface area contributed by atoms with E-state index in [2.05, 4.69) is 15.5 Å². The van der Waals surface area contributed by atoms with Crippen molar-refractivity contribution in [1.29, 1.82) is 0 Å². The van der Waals surface area contributed by atoms with Crippen LogP contribution in [0.25, 0.3) is 5.69 Å². The van der Waals surface area contributed by atoms with E-state index < -0.39 is 0 Å². The summed E-state index contributed by atoms with van der Waals surface area (Å²) in [7, 11) is 3.08. The van der Waals surface area contributed by atoms with E-state index in [0.29, 0.717) is 28.1 Å². The van der Waals surface area contributed by atoms with Crippen LogP contribution in [0.2, 0.25) is 0 Å². The molecule has 3 aromatic rings. The van der Waals surface area contributed by atoms with Crippen molar-refractivity contribution in [1.82, 2.24) is 23.9 Å². The summed E-state index contributed by atoms with van der Waals surface area (Å²) in [5, 5.41) is 11.7. The van der Waals surface area contributed by atoms with Gasteiger partial charge < -0.3 is 5.32 Å². The minimum Gasteiger partial charge on any atom is -0.326 e. The van der Waals surface area contributed by atoms with Gasteiger partial charge in [-0.3, -0.25) is 23.3 Å². The molecule has 10 heteroatoms. The molecule has 0 radical (unpaired) electrons. The van der Waals surface area contributed by atoms with E-state index in [-0.39, 0.29) is 17.2 Å². The average molecular weight is 400 g/mol. The van der Waals surface area contributed by atoms with Crippen molar-refractivity contribution in [2.24, 2.45) is 14.1 Å². The van der Waals surface area contributed by atoms with Gasteiger partial charge in [0.25, 0.3) is 5.56 Å². The van der Waals surface area contributed by atoms with Gasteiger partial charge in [-0.1, -0.05) is 17.8 Å². The second-order valence-electron chi connectivity index (χ2n) is 6.26. The second kappa shape index (κ2) is 7.85. The highest BCUT2D eigenvalue weighted by Gasteiger charge is 2.14. The van der Waals surface area contributed by atoms with Gasteiger partial charge >= 0.3 is 5.69 Å². The lowest BCUT2D eigenvalue weighted by atomic mass is 10.2. The van der Waals surface area contributed by atoms with Crippen LogP contribution in [0.4, 0.5) is 5.69 Å². The van der Waals surface area contributed by atoms with Crippen LogP contribution in [0, 0.1) is 6.92 Å². The number of hydrogen-bond donors (Lipinski definition) is 1. The normalized spacial score (nSPS) is 10.9. The number of hydrogen-bond acceptors (Lipinski definition) is 6. The molecule has 0 aliphatic heterocycles. The van der Waals surface area contributed by atoms with Crippen molar-refractivity contribution in [3.05, 3.63) is 62.7 Å². The fourth-order valence-electron chi connectivity index (χ4n) is 2.71. The highest BCUT2D eigenvalue weighted by atomic mass is 32.2. The molecule has 28 heavy (non-hydrogen) atoms. The maximum absolute atomic E-state index is 12.1. The van der Waals surface area contributed by atoms with E-state index in [9.17, 15) is 14.4 Å². The fourth-order valence-corrected chi connectivity index (χ4v) is 3.73. The Kier molecular flexibility index (Phi) is 5.50. The lowest BCUT2D eigenvalue weighted by Crippen LogP contribution is -2.37. The summed E-state index contributed by atoms with van der Waals surface area (Å²) in [5.74, 6) is 0.907. The Morgan fingerprint density at radius 3 is 2.61 bits per heavy atom. The molecule has 1 aromatic carbocycles. The highest BCUT2D eigenvalue weighted by Crippen LogP contribution is 2.25. The number of thioether (sulfide) groups is 1. The third kappa shape index (κ3) is 3.91. The van der Waals surface area contributed by atoms with E-state index >= 15 is 0 Å². The van der Waals surface area contributed by atoms with Gasteiger partial charge in [-0.2, -0.15) is 0 Å². The molecule has 2 heterocycles. The first-order valence-electron chi connectivity index (χ1n) is 8.46. The summed E-state index contributed by atoms with van der Waals surface area (Å²) in [6, 6.07) is 8.79. The standard InChI is InChI=1S/C18H20N6O3S/c1-11-20-21-17(24(11)14-7-5-6-13(8-14)19-12(2)25)28-10-15-9-16(26)23(4)18(27)22(15)3/h5-9H,10H2,1-4H3,(H,19,25). The monoisotopic (exact) mass is 400 g/mol. The maximum atomic E-state index is 12.1. The van der Waals surface area contributed by atoms with Crippen molar-refractivity contribution in [2.75, 3.05) is 5.32 Å². The first-order valence-corrected chi connectivity index (χ1v) is 9.45. The molecule has 0 fully saturated rings. The quantitative estimate of drug-likeness (QED) is 0.646. The van der Waals surface area contributed by atoms with E-state index in [0.717, 1.165) is 10.3 Å². The molecule has 146 valence electrons. The Hall–Kier alpha value is -3.14. The van der Waals surface area contributed by atoms with Gasteiger partial charge in [-0.25, -0.2) is 4.79 Å². The second-order valence-corrected chi connectivity index (χ2v) is 7.20. The molecule has 0 saturated carbocycles. The smallest absolute Gasteiger partial charge is 0.326 e. The summed E-state index contributed by atoms with van der Waals surface area (Å²) in [6.45, 7) is 3.28. The summed E-state index contributed by atoms with van der Waals surface area (Å²) >= 11 is 1.37. The molecular weight excluding hydrogens is 380 g/mol. The number of benzene rings is 1. The van der Waals surface area contributed by atoms with Crippen LogP contribution >= 0.6 is 11.8 Å². The topological polar surface area (TPSA) is 104 Å². The van der Waals surface area contributed by atoms with E-state index in [4.69, 9.17) is 0 Å². The van der Waals surface area contributed by atoms with Gasteiger partial charge in [-0.15, -0.1) is 10.2 Å². The molecule has 0 unspecified atom stereocenters. The Morgan fingerprint density at radius 1 is 1.14 bits per heavy atom. The van der Waals surface area contributed by atoms with Crippen LogP contribution < -0.4 is 16.6 Å². The van der Waals surface area contributed by atoms with Gasteiger partial charge in [0, 0.05) is 44.2 Å². The van der Waals surface area contributed by atoms with Gasteiger partial charge in [0.15, 0.2) is 5.16 Å². The molecule has 0 aliphatic carbocycles. The predicted molar refractivity (Wildman–Crippen MR) is 107 cm³/mol. The van der Waals surface area contributed by atoms with E-state index in [1.54, 1.807) is 13.1 Å². The Bertz CT molecular complexity index is 1160. The molecule has 0 aliphatic rings. The molecule has 1 N–H and O–H groups in total. The number of nitrogens with zero attached hydrogens (tertiary/aromatic N) is 5. The molecular formula is C18H20N6O3S. The van der Waals surface area contributed by atoms with Crippen LogP contribution in [-0.2, 0) is 24.6 Å². The number of carbonyl (C=O) groups is 1. The number of aryl methyl sites for hydroxylation is 1. The molecule has 0 atom stereocenters. The molecule has 0 spiro atoms. The molecule has 9 nitrogen and oxygen atoms in total. The summed E-state index contributed by atoms with van der Waals surface area (Å²) in [5.41, 5.74) is 1.34. The third-order valence-corrected chi connectivity index (χ3v) is 5.16. The molecule has 2 aromatic heterocycles. The number of nitrogens with one attached hydrogen (secondary N) is 1. The molecule has 0 bridgehead atoms. The molecule has 3 rings (SSSR count). The van der Waals surface area contributed by atoms with Gasteiger partial charge in [0.1, 0.15) is 5.82 Å². The number of rotatable bonds is 5. The zero-order valence-electron chi connectivity index (χ0n) is 16.0. The summed E-state index contributed by atoms with van der Waals surface area (Å²) < 4.78 is 4.36. The zero-order chi connectivity index (χ0) is 20.4. The first kappa shape index (κ1) is 19.6. The lowest BCUT2D eigenvalue weighted by molar-refractivity contribution is -0.114. The van der Waals surface area contributed by atoms with Crippen molar-refractivity contribution in [3.63, 3.8) is 0 Å². The molecule has 1 amide bonds. The van der Waals surface area contributed by atoms with Crippen LogP contribution in [0.1, 0.15) is 18.4 Å². The van der Waals surface area contributed by atoms with E-state index in [1.807, 2.05) is 29.7 Å². The fraction of sp³-hybridized carbons (Fsp3) is 0.278. The molecule has 0 saturated heterocycles. The lowest BCUT2D eigenvalue weighted by Gasteiger charge is -2.12. The number of carbonyl (C=O) groups excluding carboxylic acids is 1. The van der Waals surface area contributed by atoms with Crippen molar-refractivity contribution in [3.8, 4) is 5.69 Å². The number of aromatic nitrogens is 5. The summed E-state index contributed by atoms with van der Waals surface area (Å²) in [4.78, 5) is 35.3. The first-order chi connectivity index (χ1) is 13.3. The van der Waals surface area contributed by atoms with Gasteiger partial charge in [0.05, 0.1) is 5.69 Å². The van der Waals surface area contributed by atoms with Crippen LogP contribution in [-0.4, -0.2) is 29.8 Å². The van der Waals surface area contributed by atoms with Crippen LogP contribution in [0.5, 0.6) is 0 Å². The van der Waals surface area contributed by atoms with E-state index in [1.165, 1.54) is 36.4 Å². The Morgan fingerprint density at radius 2 is 1.89 bits per heavy atom. The maximum Gasteiger partial charge on any atom is 0.330 e. The minimum atomic E-state index is -0.372. The average Bonchev–Trinajstić information content (AvgIpc) is 3.02. The van der Waals surface area contributed by atoms with Crippen molar-refractivity contribution < 1.29 is 4.79 Å².